The van der Waals surface area contributed by atoms with E-state index < -0.39 is 29.4 Å². The van der Waals surface area contributed by atoms with Crippen LogP contribution in [0.25, 0.3) is 0 Å². The van der Waals surface area contributed by atoms with Crippen molar-refractivity contribution in [3.8, 4) is 5.75 Å². The fourth-order valence-electron chi connectivity index (χ4n) is 6.44. The molecule has 4 aliphatic rings. The molecule has 2 saturated heterocycles. The van der Waals surface area contributed by atoms with E-state index in [-0.39, 0.29) is 37.0 Å². The molecule has 1 saturated carbocycles. The number of benzene rings is 1. The lowest BCUT2D eigenvalue weighted by molar-refractivity contribution is -0.140. The molecule has 5 rings (SSSR count). The molecule has 2 unspecified atom stereocenters. The number of carboxylic acid groups (broad SMARTS) is 1. The number of ether oxygens (including phenoxy) is 1. The maximum Gasteiger partial charge on any atom is 0.416 e. The number of alkyl halides is 3. The molecule has 0 aromatic heterocycles. The minimum Gasteiger partial charge on any atom is -0.480 e. The summed E-state index contributed by atoms with van der Waals surface area (Å²) in [7, 11) is 0. The number of aliphatic carboxylic acids is 1. The Morgan fingerprint density at radius 1 is 1.26 bits per heavy atom. The third-order valence-corrected chi connectivity index (χ3v) is 8.38. The Hall–Kier alpha value is -2.33. The first-order valence-corrected chi connectivity index (χ1v) is 12.0. The Labute approximate surface area is 196 Å². The van der Waals surface area contributed by atoms with Gasteiger partial charge in [-0.15, -0.1) is 0 Å². The van der Waals surface area contributed by atoms with Gasteiger partial charge in [-0.05, 0) is 63.4 Å². The number of hydrogen-bond donors (Lipinski definition) is 2. The van der Waals surface area contributed by atoms with Crippen molar-refractivity contribution in [2.45, 2.75) is 70.1 Å². The molecule has 2 N–H and O–H groups in total. The number of carbonyl (C=O) groups is 2. The number of nitrogens with one attached hydrogen (secondary N) is 1. The predicted molar refractivity (Wildman–Crippen MR) is 116 cm³/mol. The van der Waals surface area contributed by atoms with E-state index in [0.717, 1.165) is 57.3 Å². The van der Waals surface area contributed by atoms with Crippen LogP contribution in [0.15, 0.2) is 18.2 Å². The molecule has 0 bridgehead atoms. The number of hydrogen-bond acceptors (Lipinski definition) is 5. The summed E-state index contributed by atoms with van der Waals surface area (Å²) in [6.07, 6.45) is -0.791. The molecule has 3 fully saturated rings. The average Bonchev–Trinajstić information content (AvgIpc) is 3.33. The predicted octanol–water partition coefficient (Wildman–Crippen LogP) is 3.08. The number of carboxylic acids is 1. The van der Waals surface area contributed by atoms with E-state index in [9.17, 15) is 22.8 Å². The summed E-state index contributed by atoms with van der Waals surface area (Å²) in [4.78, 5) is 28.5. The van der Waals surface area contributed by atoms with Crippen molar-refractivity contribution in [3.05, 3.63) is 29.3 Å². The second kappa shape index (κ2) is 8.41. The van der Waals surface area contributed by atoms with Crippen LogP contribution in [0, 0.1) is 11.3 Å². The van der Waals surface area contributed by atoms with Crippen LogP contribution in [0.5, 0.6) is 5.75 Å². The molecule has 186 valence electrons. The first-order chi connectivity index (χ1) is 16.1. The lowest BCUT2D eigenvalue weighted by Crippen LogP contribution is -2.47. The van der Waals surface area contributed by atoms with Gasteiger partial charge in [-0.3, -0.25) is 9.59 Å². The Bertz CT molecular complexity index is 979. The SMILES string of the molecule is CC1C2Oc3ccc(C(F)(F)F)cc3CN2C(=O)[C@]12CC[C@@H](N1CCC(NCC(=O)O)CC1)C2. The Kier molecular flexibility index (Phi) is 5.79. The first kappa shape index (κ1) is 23.4. The number of fused-ring (bicyclic) bond motifs is 2. The van der Waals surface area contributed by atoms with Crippen LogP contribution < -0.4 is 10.1 Å². The van der Waals surface area contributed by atoms with Crippen LogP contribution >= 0.6 is 0 Å². The molecule has 4 atom stereocenters. The van der Waals surface area contributed by atoms with E-state index in [1.165, 1.54) is 6.07 Å². The minimum atomic E-state index is -4.44. The first-order valence-electron chi connectivity index (χ1n) is 12.0. The van der Waals surface area contributed by atoms with Crippen molar-refractivity contribution in [1.29, 1.82) is 0 Å². The summed E-state index contributed by atoms with van der Waals surface area (Å²) < 4.78 is 45.6. The summed E-state index contributed by atoms with van der Waals surface area (Å²) in [5, 5.41) is 11.9. The molecule has 1 amide bonds. The van der Waals surface area contributed by atoms with Gasteiger partial charge >= 0.3 is 12.1 Å². The summed E-state index contributed by atoms with van der Waals surface area (Å²) in [5.41, 5.74) is -0.887. The van der Waals surface area contributed by atoms with Gasteiger partial charge in [-0.2, -0.15) is 13.2 Å². The van der Waals surface area contributed by atoms with Crippen molar-refractivity contribution < 1.29 is 32.6 Å². The molecule has 1 aromatic rings. The van der Waals surface area contributed by atoms with Gasteiger partial charge in [0.1, 0.15) is 5.75 Å². The molecule has 10 heteroatoms. The highest BCUT2D eigenvalue weighted by Gasteiger charge is 2.62. The third-order valence-electron chi connectivity index (χ3n) is 8.38. The lowest BCUT2D eigenvalue weighted by Gasteiger charge is -2.37. The topological polar surface area (TPSA) is 82.1 Å². The highest BCUT2D eigenvalue weighted by atomic mass is 19.4. The molecule has 3 heterocycles. The Morgan fingerprint density at radius 3 is 2.68 bits per heavy atom. The highest BCUT2D eigenvalue weighted by Crippen LogP contribution is 2.55. The number of piperidine rings is 1. The van der Waals surface area contributed by atoms with E-state index >= 15 is 0 Å². The van der Waals surface area contributed by atoms with E-state index in [2.05, 4.69) is 10.2 Å². The summed E-state index contributed by atoms with van der Waals surface area (Å²) in [6.45, 7) is 3.85. The number of carbonyl (C=O) groups excluding carboxylic acids is 1. The van der Waals surface area contributed by atoms with Gasteiger partial charge in [-0.1, -0.05) is 6.92 Å². The van der Waals surface area contributed by atoms with E-state index in [1.54, 1.807) is 4.90 Å². The quantitative estimate of drug-likeness (QED) is 0.688. The van der Waals surface area contributed by atoms with Gasteiger partial charge in [0.05, 0.1) is 24.1 Å². The maximum atomic E-state index is 13.6. The zero-order chi connectivity index (χ0) is 24.3. The van der Waals surface area contributed by atoms with Crippen LogP contribution in [-0.4, -0.2) is 64.7 Å². The molecule has 34 heavy (non-hydrogen) atoms. The molecule has 1 aliphatic carbocycles. The smallest absolute Gasteiger partial charge is 0.416 e. The van der Waals surface area contributed by atoms with Crippen molar-refractivity contribution in [3.63, 3.8) is 0 Å². The zero-order valence-electron chi connectivity index (χ0n) is 19.1. The molecular weight excluding hydrogens is 451 g/mol. The fourth-order valence-corrected chi connectivity index (χ4v) is 6.44. The molecule has 3 aliphatic heterocycles. The molecule has 1 spiro atoms. The van der Waals surface area contributed by atoms with Crippen molar-refractivity contribution in [1.82, 2.24) is 15.1 Å². The fraction of sp³-hybridized carbons (Fsp3) is 0.667. The van der Waals surface area contributed by atoms with E-state index in [1.807, 2.05) is 6.92 Å². The van der Waals surface area contributed by atoms with E-state index in [0.29, 0.717) is 11.3 Å². The van der Waals surface area contributed by atoms with Gasteiger partial charge in [0.25, 0.3) is 0 Å². The van der Waals surface area contributed by atoms with Crippen molar-refractivity contribution in [2.24, 2.45) is 11.3 Å². The average molecular weight is 482 g/mol. The standard InChI is InChI=1S/C24H30F3N3O4/c1-14-21-30(13-15-10-16(24(25,26)27)2-3-19(15)34-21)22(33)23(14)7-4-18(11-23)29-8-5-17(6-9-29)28-12-20(31)32/h2-3,10,14,17-18,21,28H,4-9,11-13H2,1H3,(H,31,32)/t14?,18-,21?,23+/m1/s1. The van der Waals surface area contributed by atoms with Gasteiger partial charge in [0, 0.05) is 23.6 Å². The number of nitrogens with zero attached hydrogens (tertiary/aromatic N) is 2. The van der Waals surface area contributed by atoms with Crippen LogP contribution in [0.3, 0.4) is 0 Å². The van der Waals surface area contributed by atoms with Crippen molar-refractivity contribution >= 4 is 11.9 Å². The summed E-state index contributed by atoms with van der Waals surface area (Å²) in [5.74, 6) is -0.496. The van der Waals surface area contributed by atoms with E-state index in [4.69, 9.17) is 9.84 Å². The van der Waals surface area contributed by atoms with Crippen molar-refractivity contribution in [2.75, 3.05) is 19.6 Å². The van der Waals surface area contributed by atoms with Crippen LogP contribution in [-0.2, 0) is 22.3 Å². The van der Waals surface area contributed by atoms with Crippen LogP contribution in [0.2, 0.25) is 0 Å². The molecule has 7 nitrogen and oxygen atoms in total. The second-order valence-electron chi connectivity index (χ2n) is 10.2. The third kappa shape index (κ3) is 3.94. The minimum absolute atomic E-state index is 0.00595. The Morgan fingerprint density at radius 2 is 2.00 bits per heavy atom. The molecular formula is C24H30F3N3O4. The normalized spacial score (nSPS) is 32.1. The summed E-state index contributed by atoms with van der Waals surface area (Å²) in [6, 6.07) is 3.96. The monoisotopic (exact) mass is 481 g/mol. The highest BCUT2D eigenvalue weighted by molar-refractivity contribution is 5.86. The van der Waals surface area contributed by atoms with Gasteiger partial charge in [0.15, 0.2) is 6.23 Å². The number of amides is 1. The zero-order valence-corrected chi connectivity index (χ0v) is 19.1. The van der Waals surface area contributed by atoms with Crippen LogP contribution in [0.4, 0.5) is 13.2 Å². The number of likely N-dealkylation sites (tertiary alicyclic amines) is 1. The van der Waals surface area contributed by atoms with Crippen LogP contribution in [0.1, 0.15) is 50.2 Å². The number of rotatable bonds is 4. The largest absolute Gasteiger partial charge is 0.480 e. The summed E-state index contributed by atoms with van der Waals surface area (Å²) >= 11 is 0. The van der Waals surface area contributed by atoms with Gasteiger partial charge in [-0.25, -0.2) is 0 Å². The van der Waals surface area contributed by atoms with Gasteiger partial charge < -0.3 is 25.0 Å². The lowest BCUT2D eigenvalue weighted by atomic mass is 9.76. The molecule has 0 radical (unpaired) electrons. The number of halogens is 3. The van der Waals surface area contributed by atoms with Gasteiger partial charge in [0.2, 0.25) is 5.91 Å². The maximum absolute atomic E-state index is 13.6. The Balaban J connectivity index is 1.26. The molecule has 1 aromatic carbocycles. The second-order valence-corrected chi connectivity index (χ2v) is 10.2.